The number of aromatic nitrogens is 1. The Balaban J connectivity index is 2.32. The van der Waals surface area contributed by atoms with Gasteiger partial charge in [0.25, 0.3) is 0 Å². The topological polar surface area (TPSA) is 26.0 Å². The number of alkyl halides is 1. The predicted octanol–water partition coefficient (Wildman–Crippen LogP) is 2.70. The van der Waals surface area contributed by atoms with Crippen LogP contribution in [0.1, 0.15) is 24.1 Å². The zero-order valence-corrected chi connectivity index (χ0v) is 8.23. The van der Waals surface area contributed by atoms with Crippen molar-refractivity contribution in [2.45, 2.75) is 26.2 Å². The van der Waals surface area contributed by atoms with Crippen LogP contribution >= 0.6 is 15.9 Å². The van der Waals surface area contributed by atoms with E-state index in [0.29, 0.717) is 0 Å². The highest BCUT2D eigenvalue weighted by molar-refractivity contribution is 9.09. The molecule has 1 heterocycles. The third-order valence-electron chi connectivity index (χ3n) is 1.68. The molecule has 0 unspecified atom stereocenters. The number of rotatable bonds is 4. The van der Waals surface area contributed by atoms with Gasteiger partial charge in [0.2, 0.25) is 0 Å². The minimum absolute atomic E-state index is 1.03. The lowest BCUT2D eigenvalue weighted by Gasteiger charge is -1.94. The largest absolute Gasteiger partial charge is 0.364 e. The number of unbranched alkanes of at least 4 members (excludes halogenated alkanes) is 1. The normalized spacial score (nSPS) is 10.4. The molecule has 0 aromatic carbocycles. The highest BCUT2D eigenvalue weighted by Gasteiger charge is 2.00. The second kappa shape index (κ2) is 4.54. The fraction of sp³-hybridized carbons (Fsp3) is 0.625. The highest BCUT2D eigenvalue weighted by Crippen LogP contribution is 2.09. The van der Waals surface area contributed by atoms with Gasteiger partial charge in [-0.05, 0) is 26.2 Å². The van der Waals surface area contributed by atoms with Crippen LogP contribution in [0.15, 0.2) is 10.8 Å². The molecule has 11 heavy (non-hydrogen) atoms. The Hall–Kier alpha value is -0.310. The Morgan fingerprint density at radius 1 is 1.55 bits per heavy atom. The van der Waals surface area contributed by atoms with Crippen molar-refractivity contribution in [2.75, 3.05) is 5.33 Å². The Kier molecular flexibility index (Phi) is 3.63. The second-order valence-electron chi connectivity index (χ2n) is 2.57. The van der Waals surface area contributed by atoms with Crippen LogP contribution in [0.5, 0.6) is 0 Å². The summed E-state index contributed by atoms with van der Waals surface area (Å²) in [7, 11) is 0. The molecule has 0 saturated heterocycles. The van der Waals surface area contributed by atoms with E-state index in [4.69, 9.17) is 4.52 Å². The fourth-order valence-electron chi connectivity index (χ4n) is 0.963. The van der Waals surface area contributed by atoms with Crippen LogP contribution < -0.4 is 0 Å². The van der Waals surface area contributed by atoms with Gasteiger partial charge in [-0.25, -0.2) is 0 Å². The molecular weight excluding hydrogens is 206 g/mol. The van der Waals surface area contributed by atoms with Crippen molar-refractivity contribution < 1.29 is 4.52 Å². The first-order valence-electron chi connectivity index (χ1n) is 3.80. The van der Waals surface area contributed by atoms with Gasteiger partial charge in [-0.3, -0.25) is 0 Å². The number of hydrogen-bond acceptors (Lipinski definition) is 2. The van der Waals surface area contributed by atoms with Gasteiger partial charge in [0.15, 0.2) is 0 Å². The van der Waals surface area contributed by atoms with Gasteiger partial charge < -0.3 is 4.52 Å². The second-order valence-corrected chi connectivity index (χ2v) is 3.36. The molecular formula is C8H12BrNO. The van der Waals surface area contributed by atoms with Crippen molar-refractivity contribution in [3.63, 3.8) is 0 Å². The van der Waals surface area contributed by atoms with E-state index in [0.717, 1.165) is 17.4 Å². The standard InChI is InChI=1S/C8H12BrNO/c1-7-8(6-11-10-7)4-2-3-5-9/h6H,2-5H2,1H3. The predicted molar refractivity (Wildman–Crippen MR) is 48.0 cm³/mol. The molecule has 0 radical (unpaired) electrons. The summed E-state index contributed by atoms with van der Waals surface area (Å²) in [5, 5.41) is 4.89. The summed E-state index contributed by atoms with van der Waals surface area (Å²) < 4.78 is 4.81. The van der Waals surface area contributed by atoms with Gasteiger partial charge in [0.1, 0.15) is 6.26 Å². The average Bonchev–Trinajstić information content (AvgIpc) is 2.37. The average molecular weight is 218 g/mol. The van der Waals surface area contributed by atoms with Gasteiger partial charge >= 0.3 is 0 Å². The molecule has 3 heteroatoms. The zero-order valence-electron chi connectivity index (χ0n) is 6.64. The monoisotopic (exact) mass is 217 g/mol. The van der Waals surface area contributed by atoms with Crippen LogP contribution in [0.25, 0.3) is 0 Å². The van der Waals surface area contributed by atoms with Crippen LogP contribution in [0.2, 0.25) is 0 Å². The van der Waals surface area contributed by atoms with Gasteiger partial charge in [-0.15, -0.1) is 0 Å². The van der Waals surface area contributed by atoms with Gasteiger partial charge in [-0.2, -0.15) is 0 Å². The zero-order chi connectivity index (χ0) is 8.10. The van der Waals surface area contributed by atoms with Gasteiger partial charge in [-0.1, -0.05) is 21.1 Å². The third-order valence-corrected chi connectivity index (χ3v) is 2.24. The molecule has 1 aromatic rings. The summed E-state index contributed by atoms with van der Waals surface area (Å²) in [5.74, 6) is 0. The first kappa shape index (κ1) is 8.78. The summed E-state index contributed by atoms with van der Waals surface area (Å²) in [6.07, 6.45) is 5.24. The summed E-state index contributed by atoms with van der Waals surface area (Å²) >= 11 is 3.39. The molecule has 0 N–H and O–H groups in total. The van der Waals surface area contributed by atoms with Crippen molar-refractivity contribution in [3.8, 4) is 0 Å². The SMILES string of the molecule is Cc1nocc1CCCCBr. The lowest BCUT2D eigenvalue weighted by molar-refractivity contribution is 0.414. The van der Waals surface area contributed by atoms with E-state index in [-0.39, 0.29) is 0 Å². The molecule has 62 valence electrons. The molecule has 0 amide bonds. The van der Waals surface area contributed by atoms with Gasteiger partial charge in [0, 0.05) is 10.9 Å². The first-order chi connectivity index (χ1) is 5.34. The summed E-state index contributed by atoms with van der Waals surface area (Å²) in [4.78, 5) is 0. The van der Waals surface area contributed by atoms with Gasteiger partial charge in [0.05, 0.1) is 5.69 Å². The Labute approximate surface area is 75.1 Å². The third kappa shape index (κ3) is 2.66. The number of nitrogens with zero attached hydrogens (tertiary/aromatic N) is 1. The smallest absolute Gasteiger partial charge is 0.127 e. The maximum Gasteiger partial charge on any atom is 0.127 e. The lowest BCUT2D eigenvalue weighted by Crippen LogP contribution is -1.86. The number of halogens is 1. The van der Waals surface area contributed by atoms with E-state index in [1.54, 1.807) is 6.26 Å². The van der Waals surface area contributed by atoms with E-state index in [1.807, 2.05) is 6.92 Å². The molecule has 1 aromatic heterocycles. The molecule has 0 saturated carbocycles. The molecule has 1 rings (SSSR count). The Morgan fingerprint density at radius 3 is 2.91 bits per heavy atom. The molecule has 2 nitrogen and oxygen atoms in total. The van der Waals surface area contributed by atoms with Crippen LogP contribution in [0.3, 0.4) is 0 Å². The van der Waals surface area contributed by atoms with Crippen molar-refractivity contribution in [3.05, 3.63) is 17.5 Å². The molecule has 0 bridgehead atoms. The van der Waals surface area contributed by atoms with E-state index in [9.17, 15) is 0 Å². The van der Waals surface area contributed by atoms with Crippen molar-refractivity contribution in [2.24, 2.45) is 0 Å². The van der Waals surface area contributed by atoms with Crippen LogP contribution in [-0.2, 0) is 6.42 Å². The van der Waals surface area contributed by atoms with Crippen LogP contribution in [-0.4, -0.2) is 10.5 Å². The maximum absolute atomic E-state index is 4.81. The molecule has 0 aliphatic rings. The van der Waals surface area contributed by atoms with Crippen molar-refractivity contribution >= 4 is 15.9 Å². The molecule has 0 aliphatic heterocycles. The number of hydrogen-bond donors (Lipinski definition) is 0. The number of aryl methyl sites for hydroxylation is 2. The van der Waals surface area contributed by atoms with E-state index >= 15 is 0 Å². The summed E-state index contributed by atoms with van der Waals surface area (Å²) in [6, 6.07) is 0. The van der Waals surface area contributed by atoms with Crippen LogP contribution in [0, 0.1) is 6.92 Å². The summed E-state index contributed by atoms with van der Waals surface area (Å²) in [5.41, 5.74) is 2.27. The van der Waals surface area contributed by atoms with Crippen molar-refractivity contribution in [1.29, 1.82) is 0 Å². The minimum atomic E-state index is 1.03. The summed E-state index contributed by atoms with van der Waals surface area (Å²) in [6.45, 7) is 1.98. The first-order valence-corrected chi connectivity index (χ1v) is 4.92. The Morgan fingerprint density at radius 2 is 2.36 bits per heavy atom. The van der Waals surface area contributed by atoms with E-state index in [1.165, 1.54) is 18.4 Å². The Bertz CT molecular complexity index is 210. The molecule has 0 aliphatic carbocycles. The lowest BCUT2D eigenvalue weighted by atomic mass is 10.1. The molecule has 0 spiro atoms. The van der Waals surface area contributed by atoms with Crippen LogP contribution in [0.4, 0.5) is 0 Å². The maximum atomic E-state index is 4.81. The van der Waals surface area contributed by atoms with E-state index in [2.05, 4.69) is 21.1 Å². The quantitative estimate of drug-likeness (QED) is 0.573. The highest BCUT2D eigenvalue weighted by atomic mass is 79.9. The minimum Gasteiger partial charge on any atom is -0.364 e. The molecule has 0 fully saturated rings. The fourth-order valence-corrected chi connectivity index (χ4v) is 1.36. The molecule has 0 atom stereocenters. The van der Waals surface area contributed by atoms with E-state index < -0.39 is 0 Å². The van der Waals surface area contributed by atoms with Crippen molar-refractivity contribution in [1.82, 2.24) is 5.16 Å².